The number of nitro groups is 1. The fourth-order valence-electron chi connectivity index (χ4n) is 1.77. The van der Waals surface area contributed by atoms with Gasteiger partial charge in [-0.15, -0.1) is 0 Å². The zero-order chi connectivity index (χ0) is 13.1. The lowest BCUT2D eigenvalue weighted by atomic mass is 10.1. The molecule has 1 aromatic carbocycles. The van der Waals surface area contributed by atoms with Crippen LogP contribution in [0.3, 0.4) is 0 Å². The molecule has 0 amide bonds. The maximum absolute atomic E-state index is 11.1. The van der Waals surface area contributed by atoms with E-state index in [1.54, 1.807) is 0 Å². The Bertz CT molecular complexity index is 480. The first kappa shape index (κ1) is 12.3. The number of ether oxygens (including phenoxy) is 2. The van der Waals surface area contributed by atoms with Crippen molar-refractivity contribution in [1.29, 1.82) is 0 Å². The van der Waals surface area contributed by atoms with Crippen molar-refractivity contribution < 1.29 is 24.3 Å². The Labute approximate surface area is 102 Å². The number of nitrogens with zero attached hydrogens (tertiary/aromatic N) is 1. The van der Waals surface area contributed by atoms with Crippen molar-refractivity contribution in [2.24, 2.45) is 0 Å². The first-order valence-corrected chi connectivity index (χ1v) is 5.34. The minimum absolute atomic E-state index is 0.00667. The van der Waals surface area contributed by atoms with E-state index in [1.165, 1.54) is 12.1 Å². The van der Waals surface area contributed by atoms with Gasteiger partial charge in [-0.1, -0.05) is 6.07 Å². The summed E-state index contributed by atoms with van der Waals surface area (Å²) in [5, 5.41) is 19.8. The maximum Gasteiger partial charge on any atom is 0.346 e. The van der Waals surface area contributed by atoms with Gasteiger partial charge in [-0.05, 0) is 6.07 Å². The molecule has 1 aliphatic heterocycles. The predicted octanol–water partition coefficient (Wildman–Crippen LogP) is 1.46. The topological polar surface area (TPSA) is 98.9 Å². The molecule has 0 saturated carbocycles. The molecular weight excluding hydrogens is 242 g/mol. The van der Waals surface area contributed by atoms with Crippen LogP contribution in [-0.2, 0) is 4.74 Å². The zero-order valence-electron chi connectivity index (χ0n) is 9.37. The summed E-state index contributed by atoms with van der Waals surface area (Å²) in [6.07, 6.45) is 0.381. The molecule has 1 unspecified atom stereocenters. The summed E-state index contributed by atoms with van der Waals surface area (Å²) >= 11 is 0. The maximum atomic E-state index is 11.1. The molecule has 1 aromatic rings. The molecule has 7 nitrogen and oxygen atoms in total. The highest BCUT2D eigenvalue weighted by molar-refractivity contribution is 5.95. The molecule has 1 aliphatic rings. The molecular formula is C11H11NO6. The Hall–Kier alpha value is -2.15. The molecule has 1 atom stereocenters. The number of nitro benzene ring substituents is 1. The molecule has 1 saturated heterocycles. The zero-order valence-corrected chi connectivity index (χ0v) is 9.37. The normalized spacial score (nSPS) is 18.6. The molecule has 7 heteroatoms. The summed E-state index contributed by atoms with van der Waals surface area (Å²) in [6.45, 7) is 0.906. The molecule has 96 valence electrons. The summed E-state index contributed by atoms with van der Waals surface area (Å²) in [4.78, 5) is 21.1. The van der Waals surface area contributed by atoms with E-state index in [2.05, 4.69) is 0 Å². The Morgan fingerprint density at radius 1 is 1.56 bits per heavy atom. The number of carboxylic acids is 1. The van der Waals surface area contributed by atoms with Crippen LogP contribution in [0.1, 0.15) is 16.8 Å². The van der Waals surface area contributed by atoms with Gasteiger partial charge in [0.2, 0.25) is 0 Å². The van der Waals surface area contributed by atoms with E-state index in [0.29, 0.717) is 19.6 Å². The number of hydrogen-bond donors (Lipinski definition) is 1. The van der Waals surface area contributed by atoms with Crippen molar-refractivity contribution in [3.8, 4) is 5.75 Å². The van der Waals surface area contributed by atoms with Gasteiger partial charge in [0.15, 0.2) is 5.56 Å². The van der Waals surface area contributed by atoms with E-state index in [4.69, 9.17) is 14.6 Å². The van der Waals surface area contributed by atoms with Crippen LogP contribution in [0.25, 0.3) is 0 Å². The Balaban J connectivity index is 2.36. The van der Waals surface area contributed by atoms with Gasteiger partial charge in [0.1, 0.15) is 11.9 Å². The van der Waals surface area contributed by atoms with Gasteiger partial charge in [0.25, 0.3) is 5.69 Å². The summed E-state index contributed by atoms with van der Waals surface area (Å²) < 4.78 is 10.5. The number of benzene rings is 1. The van der Waals surface area contributed by atoms with Crippen LogP contribution in [0.2, 0.25) is 0 Å². The molecule has 18 heavy (non-hydrogen) atoms. The van der Waals surface area contributed by atoms with E-state index in [0.717, 1.165) is 6.07 Å². The smallest absolute Gasteiger partial charge is 0.346 e. The molecule has 0 aliphatic carbocycles. The standard InChI is InChI=1S/C11H11NO6/c13-11(14)10-8(12(15)16)2-1-3-9(10)18-7-4-5-17-6-7/h1-3,7H,4-6H2,(H,13,14). The van der Waals surface area contributed by atoms with Gasteiger partial charge < -0.3 is 14.6 Å². The summed E-state index contributed by atoms with van der Waals surface area (Å²) in [5.41, 5.74) is -0.895. The van der Waals surface area contributed by atoms with Gasteiger partial charge in [0, 0.05) is 12.5 Å². The molecule has 0 aromatic heterocycles. The Morgan fingerprint density at radius 3 is 2.89 bits per heavy atom. The first-order chi connectivity index (χ1) is 8.59. The second kappa shape index (κ2) is 5.01. The second-order valence-electron chi connectivity index (χ2n) is 3.82. The van der Waals surface area contributed by atoms with Crippen molar-refractivity contribution in [2.45, 2.75) is 12.5 Å². The van der Waals surface area contributed by atoms with E-state index in [1.807, 2.05) is 0 Å². The molecule has 0 bridgehead atoms. The average molecular weight is 253 g/mol. The molecule has 1 N–H and O–H groups in total. The van der Waals surface area contributed by atoms with Crippen LogP contribution in [0.4, 0.5) is 5.69 Å². The van der Waals surface area contributed by atoms with Gasteiger partial charge in [-0.25, -0.2) is 4.79 Å². The van der Waals surface area contributed by atoms with Crippen LogP contribution in [-0.4, -0.2) is 35.3 Å². The first-order valence-electron chi connectivity index (χ1n) is 5.34. The van der Waals surface area contributed by atoms with E-state index >= 15 is 0 Å². The predicted molar refractivity (Wildman–Crippen MR) is 59.9 cm³/mol. The lowest BCUT2D eigenvalue weighted by Gasteiger charge is -2.13. The summed E-state index contributed by atoms with van der Waals surface area (Å²) in [6, 6.07) is 3.95. The third kappa shape index (κ3) is 2.40. The van der Waals surface area contributed by atoms with Crippen LogP contribution >= 0.6 is 0 Å². The van der Waals surface area contributed by atoms with Gasteiger partial charge in [-0.3, -0.25) is 10.1 Å². The SMILES string of the molecule is O=C(O)c1c(OC2CCOC2)cccc1[N+](=O)[O-]. The van der Waals surface area contributed by atoms with Crippen molar-refractivity contribution in [3.63, 3.8) is 0 Å². The fourth-order valence-corrected chi connectivity index (χ4v) is 1.77. The average Bonchev–Trinajstić information content (AvgIpc) is 2.81. The fraction of sp³-hybridized carbons (Fsp3) is 0.364. The minimum Gasteiger partial charge on any atom is -0.487 e. The third-order valence-corrected chi connectivity index (χ3v) is 2.60. The van der Waals surface area contributed by atoms with Crippen LogP contribution in [0, 0.1) is 10.1 Å². The van der Waals surface area contributed by atoms with Crippen LogP contribution in [0.5, 0.6) is 5.75 Å². The van der Waals surface area contributed by atoms with Gasteiger partial charge >= 0.3 is 5.97 Å². The highest BCUT2D eigenvalue weighted by Gasteiger charge is 2.27. The van der Waals surface area contributed by atoms with Crippen molar-refractivity contribution >= 4 is 11.7 Å². The minimum atomic E-state index is -1.38. The molecule has 2 rings (SSSR count). The van der Waals surface area contributed by atoms with E-state index < -0.39 is 22.1 Å². The number of rotatable bonds is 4. The molecule has 1 heterocycles. The molecule has 0 spiro atoms. The van der Waals surface area contributed by atoms with Crippen LogP contribution in [0.15, 0.2) is 18.2 Å². The van der Waals surface area contributed by atoms with Crippen molar-refractivity contribution in [3.05, 3.63) is 33.9 Å². The molecule has 0 radical (unpaired) electrons. The monoisotopic (exact) mass is 253 g/mol. The highest BCUT2D eigenvalue weighted by atomic mass is 16.6. The van der Waals surface area contributed by atoms with Crippen molar-refractivity contribution in [1.82, 2.24) is 0 Å². The van der Waals surface area contributed by atoms with E-state index in [9.17, 15) is 14.9 Å². The quantitative estimate of drug-likeness (QED) is 0.644. The Morgan fingerprint density at radius 2 is 2.33 bits per heavy atom. The lowest BCUT2D eigenvalue weighted by Crippen LogP contribution is -2.18. The lowest BCUT2D eigenvalue weighted by molar-refractivity contribution is -0.385. The number of aromatic carboxylic acids is 1. The molecule has 1 fully saturated rings. The second-order valence-corrected chi connectivity index (χ2v) is 3.82. The number of carboxylic acid groups (broad SMARTS) is 1. The van der Waals surface area contributed by atoms with Gasteiger partial charge in [0.05, 0.1) is 18.1 Å². The van der Waals surface area contributed by atoms with Crippen molar-refractivity contribution in [2.75, 3.05) is 13.2 Å². The number of carbonyl (C=O) groups is 1. The van der Waals surface area contributed by atoms with Gasteiger partial charge in [-0.2, -0.15) is 0 Å². The number of hydrogen-bond acceptors (Lipinski definition) is 5. The van der Waals surface area contributed by atoms with Crippen LogP contribution < -0.4 is 4.74 Å². The summed E-state index contributed by atoms with van der Waals surface area (Å²) in [7, 11) is 0. The largest absolute Gasteiger partial charge is 0.487 e. The third-order valence-electron chi connectivity index (χ3n) is 2.60. The highest BCUT2D eigenvalue weighted by Crippen LogP contribution is 2.29. The Kier molecular flexibility index (Phi) is 3.42. The summed E-state index contributed by atoms with van der Waals surface area (Å²) in [5.74, 6) is -1.37. The van der Waals surface area contributed by atoms with E-state index in [-0.39, 0.29) is 11.9 Å².